The number of ether oxygens (including phenoxy) is 3. The Morgan fingerprint density at radius 2 is 1.88 bits per heavy atom. The lowest BCUT2D eigenvalue weighted by molar-refractivity contribution is 0.0491. The predicted octanol–water partition coefficient (Wildman–Crippen LogP) is 3.73. The third kappa shape index (κ3) is 3.39. The molecular weight excluding hydrogens is 302 g/mol. The molecule has 0 bridgehead atoms. The third-order valence-electron chi connectivity index (χ3n) is 4.26. The fourth-order valence-corrected chi connectivity index (χ4v) is 3.06. The first-order chi connectivity index (χ1) is 11.7. The molecule has 24 heavy (non-hydrogen) atoms. The van der Waals surface area contributed by atoms with Crippen LogP contribution in [0.4, 0.5) is 0 Å². The largest absolute Gasteiger partial charge is 0.493 e. The lowest BCUT2D eigenvalue weighted by atomic mass is 9.88. The molecule has 0 saturated heterocycles. The van der Waals surface area contributed by atoms with Gasteiger partial charge in [0.1, 0.15) is 0 Å². The number of rotatable bonds is 5. The summed E-state index contributed by atoms with van der Waals surface area (Å²) in [5.74, 6) is 1.68. The van der Waals surface area contributed by atoms with Gasteiger partial charge in [0.15, 0.2) is 18.3 Å². The number of hydrogen-bond donors (Lipinski definition) is 0. The van der Waals surface area contributed by atoms with Crippen LogP contribution in [0.25, 0.3) is 6.08 Å². The molecule has 3 rings (SSSR count). The van der Waals surface area contributed by atoms with Crippen LogP contribution in [0.15, 0.2) is 48.7 Å². The van der Waals surface area contributed by atoms with Crippen molar-refractivity contribution in [1.82, 2.24) is 4.90 Å². The van der Waals surface area contributed by atoms with Crippen LogP contribution in [0.2, 0.25) is 0 Å². The van der Waals surface area contributed by atoms with Gasteiger partial charge in [-0.2, -0.15) is 0 Å². The van der Waals surface area contributed by atoms with Crippen LogP contribution in [-0.4, -0.2) is 39.5 Å². The smallest absolute Gasteiger partial charge is 0.188 e. The number of methoxy groups -OCH3 is 2. The van der Waals surface area contributed by atoms with Crippen molar-refractivity contribution in [1.29, 1.82) is 0 Å². The lowest BCUT2D eigenvalue weighted by Crippen LogP contribution is -2.19. The fraction of sp³-hybridized carbons (Fsp3) is 0.300. The molecule has 0 N–H and O–H groups in total. The van der Waals surface area contributed by atoms with Gasteiger partial charge in [0, 0.05) is 26.6 Å². The van der Waals surface area contributed by atoms with E-state index in [1.54, 1.807) is 14.2 Å². The molecule has 0 aromatic heterocycles. The summed E-state index contributed by atoms with van der Waals surface area (Å²) in [6, 6.07) is 14.7. The number of benzene rings is 2. The molecule has 0 spiro atoms. The maximum atomic E-state index is 5.71. The van der Waals surface area contributed by atoms with Crippen molar-refractivity contribution in [3.63, 3.8) is 0 Å². The summed E-state index contributed by atoms with van der Waals surface area (Å²) in [6.45, 7) is 1.10. The molecule has 1 heterocycles. The second-order valence-electron chi connectivity index (χ2n) is 5.90. The topological polar surface area (TPSA) is 30.9 Å². The Morgan fingerprint density at radius 1 is 1.08 bits per heavy atom. The maximum Gasteiger partial charge on any atom is 0.188 e. The van der Waals surface area contributed by atoms with E-state index in [1.165, 1.54) is 11.1 Å². The van der Waals surface area contributed by atoms with E-state index < -0.39 is 0 Å². The normalized spacial score (nSPS) is 16.5. The van der Waals surface area contributed by atoms with Crippen LogP contribution in [0.1, 0.15) is 22.6 Å². The molecule has 1 aliphatic heterocycles. The molecule has 1 atom stereocenters. The summed E-state index contributed by atoms with van der Waals surface area (Å²) in [7, 11) is 5.36. The Balaban J connectivity index is 2.09. The minimum absolute atomic E-state index is 0.195. The highest BCUT2D eigenvalue weighted by molar-refractivity contribution is 5.63. The van der Waals surface area contributed by atoms with Gasteiger partial charge in [-0.25, -0.2) is 0 Å². The second-order valence-corrected chi connectivity index (χ2v) is 5.90. The molecule has 2 aromatic rings. The summed E-state index contributed by atoms with van der Waals surface area (Å²) in [4.78, 5) is 2.21. The van der Waals surface area contributed by atoms with Gasteiger partial charge in [-0.15, -0.1) is 0 Å². The molecule has 0 aliphatic carbocycles. The average molecular weight is 325 g/mol. The van der Waals surface area contributed by atoms with E-state index in [2.05, 4.69) is 54.6 Å². The van der Waals surface area contributed by atoms with E-state index in [0.717, 1.165) is 12.1 Å². The average Bonchev–Trinajstić information content (AvgIpc) is 2.78. The highest BCUT2D eigenvalue weighted by atomic mass is 16.7. The molecule has 2 aromatic carbocycles. The first-order valence-electron chi connectivity index (χ1n) is 8.00. The van der Waals surface area contributed by atoms with Crippen LogP contribution in [0.3, 0.4) is 0 Å². The summed E-state index contributed by atoms with van der Waals surface area (Å²) >= 11 is 0. The van der Waals surface area contributed by atoms with Crippen molar-refractivity contribution in [2.24, 2.45) is 0 Å². The van der Waals surface area contributed by atoms with E-state index in [0.29, 0.717) is 11.5 Å². The molecule has 0 fully saturated rings. The number of hydrogen-bond acceptors (Lipinski definition) is 4. The van der Waals surface area contributed by atoms with Gasteiger partial charge in [0.05, 0.1) is 7.11 Å². The van der Waals surface area contributed by atoms with Crippen LogP contribution >= 0.6 is 0 Å². The van der Waals surface area contributed by atoms with Gasteiger partial charge in [-0.05, 0) is 41.1 Å². The van der Waals surface area contributed by atoms with Crippen molar-refractivity contribution >= 4 is 6.08 Å². The highest BCUT2D eigenvalue weighted by Gasteiger charge is 2.23. The third-order valence-corrected chi connectivity index (χ3v) is 4.26. The first-order valence-corrected chi connectivity index (χ1v) is 8.00. The first kappa shape index (κ1) is 16.4. The van der Waals surface area contributed by atoms with Crippen LogP contribution in [0, 0.1) is 0 Å². The Morgan fingerprint density at radius 3 is 2.58 bits per heavy atom. The van der Waals surface area contributed by atoms with Gasteiger partial charge in [-0.1, -0.05) is 30.3 Å². The number of nitrogens with zero attached hydrogens (tertiary/aromatic N) is 1. The zero-order valence-corrected chi connectivity index (χ0v) is 14.4. The Labute approximate surface area is 143 Å². The fourth-order valence-electron chi connectivity index (χ4n) is 3.06. The molecule has 0 radical (unpaired) electrons. The summed E-state index contributed by atoms with van der Waals surface area (Å²) < 4.78 is 16.2. The molecule has 1 unspecified atom stereocenters. The quantitative estimate of drug-likeness (QED) is 0.784. The second kappa shape index (κ2) is 7.41. The van der Waals surface area contributed by atoms with Crippen molar-refractivity contribution in [2.75, 3.05) is 34.6 Å². The molecule has 1 aliphatic rings. The van der Waals surface area contributed by atoms with E-state index in [1.807, 2.05) is 12.1 Å². The molecule has 4 nitrogen and oxygen atoms in total. The molecule has 0 amide bonds. The Bertz CT molecular complexity index is 712. The van der Waals surface area contributed by atoms with E-state index in [-0.39, 0.29) is 12.7 Å². The van der Waals surface area contributed by atoms with E-state index >= 15 is 0 Å². The maximum absolute atomic E-state index is 5.71. The monoisotopic (exact) mass is 325 g/mol. The van der Waals surface area contributed by atoms with Gasteiger partial charge in [-0.3, -0.25) is 0 Å². The van der Waals surface area contributed by atoms with Crippen molar-refractivity contribution in [3.05, 3.63) is 65.4 Å². The zero-order valence-electron chi connectivity index (χ0n) is 14.4. The Hall–Kier alpha value is -2.46. The summed E-state index contributed by atoms with van der Waals surface area (Å²) in [5.41, 5.74) is 3.67. The Kier molecular flexibility index (Phi) is 5.06. The standard InChI is InChI=1S/C20H23NO3/c1-21-10-9-16-11-19(23-3)20(24-14-22-2)12-17(16)18(13-21)15-7-5-4-6-8-15/h4-12,18H,13-14H2,1-3H3. The molecule has 126 valence electrons. The summed E-state index contributed by atoms with van der Waals surface area (Å²) in [6.07, 6.45) is 4.23. The molecule has 0 saturated carbocycles. The number of likely N-dealkylation sites (N-methyl/N-ethyl adjacent to an activating group) is 1. The van der Waals surface area contributed by atoms with Crippen LogP contribution in [0.5, 0.6) is 11.5 Å². The van der Waals surface area contributed by atoms with Crippen molar-refractivity contribution in [2.45, 2.75) is 5.92 Å². The van der Waals surface area contributed by atoms with Crippen LogP contribution < -0.4 is 9.47 Å². The molecule has 4 heteroatoms. The SMILES string of the molecule is COCOc1cc2c(cc1OC)C=CN(C)CC2c1ccccc1. The molecular formula is C20H23NO3. The number of fused-ring (bicyclic) bond motifs is 1. The van der Waals surface area contributed by atoms with Gasteiger partial charge < -0.3 is 19.1 Å². The van der Waals surface area contributed by atoms with Gasteiger partial charge in [0.2, 0.25) is 0 Å². The highest BCUT2D eigenvalue weighted by Crippen LogP contribution is 2.38. The minimum atomic E-state index is 0.195. The lowest BCUT2D eigenvalue weighted by Gasteiger charge is -2.23. The van der Waals surface area contributed by atoms with Gasteiger partial charge >= 0.3 is 0 Å². The predicted molar refractivity (Wildman–Crippen MR) is 95.4 cm³/mol. The van der Waals surface area contributed by atoms with E-state index in [9.17, 15) is 0 Å². The summed E-state index contributed by atoms with van der Waals surface area (Å²) in [5, 5.41) is 0. The van der Waals surface area contributed by atoms with Crippen molar-refractivity contribution < 1.29 is 14.2 Å². The van der Waals surface area contributed by atoms with Crippen molar-refractivity contribution in [3.8, 4) is 11.5 Å². The zero-order chi connectivity index (χ0) is 16.9. The minimum Gasteiger partial charge on any atom is -0.493 e. The van der Waals surface area contributed by atoms with E-state index in [4.69, 9.17) is 14.2 Å². The van der Waals surface area contributed by atoms with Crippen LogP contribution in [-0.2, 0) is 4.74 Å². The van der Waals surface area contributed by atoms with Gasteiger partial charge in [0.25, 0.3) is 0 Å².